The average molecular weight is 409 g/mol. The molecule has 1 N–H and O–H groups in total. The van der Waals surface area contributed by atoms with Crippen LogP contribution in [0.1, 0.15) is 17.5 Å². The Morgan fingerprint density at radius 1 is 1.24 bits per heavy atom. The monoisotopic (exact) mass is 409 g/mol. The quantitative estimate of drug-likeness (QED) is 0.821. The van der Waals surface area contributed by atoms with Crippen LogP contribution in [-0.4, -0.2) is 52.8 Å². The maximum absolute atomic E-state index is 13.6. The number of aromatic nitrogens is 1. The van der Waals surface area contributed by atoms with Crippen LogP contribution in [0, 0.1) is 0 Å². The van der Waals surface area contributed by atoms with Crippen molar-refractivity contribution in [2.24, 2.45) is 5.10 Å². The number of aliphatic hydroxyl groups is 1. The largest absolute Gasteiger partial charge is 0.493 e. The average Bonchev–Trinajstić information content (AvgIpc) is 3.07. The van der Waals surface area contributed by atoms with E-state index < -0.39 is 30.7 Å². The van der Waals surface area contributed by atoms with E-state index in [0.717, 1.165) is 0 Å². The molecule has 0 bridgehead atoms. The van der Waals surface area contributed by atoms with Gasteiger partial charge in [-0.05, 0) is 23.8 Å². The van der Waals surface area contributed by atoms with E-state index in [0.29, 0.717) is 17.1 Å². The molecule has 0 spiro atoms. The molecule has 2 heterocycles. The number of methoxy groups -OCH3 is 2. The van der Waals surface area contributed by atoms with Gasteiger partial charge < -0.3 is 14.6 Å². The van der Waals surface area contributed by atoms with Gasteiger partial charge in [0, 0.05) is 18.0 Å². The van der Waals surface area contributed by atoms with Crippen molar-refractivity contribution in [1.82, 2.24) is 9.99 Å². The molecule has 0 saturated heterocycles. The van der Waals surface area contributed by atoms with E-state index in [1.54, 1.807) is 0 Å². The molecular weight excluding hydrogens is 391 g/mol. The van der Waals surface area contributed by atoms with Gasteiger partial charge in [-0.3, -0.25) is 9.78 Å². The fraction of sp³-hybridized carbons (Fsp3) is 0.316. The Labute approximate surface area is 164 Å². The molecule has 1 atom stereocenters. The highest BCUT2D eigenvalue weighted by atomic mass is 19.4. The van der Waals surface area contributed by atoms with E-state index in [1.165, 1.54) is 56.9 Å². The maximum Gasteiger partial charge on any atom is 0.438 e. The van der Waals surface area contributed by atoms with Crippen LogP contribution < -0.4 is 9.47 Å². The van der Waals surface area contributed by atoms with Crippen molar-refractivity contribution >= 4 is 11.6 Å². The zero-order chi connectivity index (χ0) is 21.2. The van der Waals surface area contributed by atoms with Gasteiger partial charge in [-0.25, -0.2) is 0 Å². The normalized spacial score (nSPS) is 19.1. The van der Waals surface area contributed by atoms with Gasteiger partial charge in [0.05, 0.1) is 32.8 Å². The van der Waals surface area contributed by atoms with Gasteiger partial charge in [0.2, 0.25) is 5.91 Å². The summed E-state index contributed by atoms with van der Waals surface area (Å²) in [5.74, 6) is -0.283. The van der Waals surface area contributed by atoms with Crippen LogP contribution in [0.2, 0.25) is 0 Å². The lowest BCUT2D eigenvalue weighted by Crippen LogP contribution is -2.57. The van der Waals surface area contributed by atoms with Crippen molar-refractivity contribution in [3.8, 4) is 11.5 Å². The van der Waals surface area contributed by atoms with Crippen molar-refractivity contribution in [1.29, 1.82) is 0 Å². The molecule has 0 radical (unpaired) electrons. The van der Waals surface area contributed by atoms with Crippen LogP contribution in [0.25, 0.3) is 0 Å². The number of alkyl halides is 3. The van der Waals surface area contributed by atoms with Gasteiger partial charge in [0.25, 0.3) is 5.72 Å². The van der Waals surface area contributed by atoms with E-state index in [-0.39, 0.29) is 16.3 Å². The third-order valence-electron chi connectivity index (χ3n) is 4.47. The molecule has 2 aromatic rings. The molecule has 0 aliphatic carbocycles. The molecule has 1 aliphatic heterocycles. The highest BCUT2D eigenvalue weighted by Crippen LogP contribution is 2.41. The number of pyridine rings is 1. The Morgan fingerprint density at radius 2 is 1.97 bits per heavy atom. The molecule has 0 fully saturated rings. The minimum absolute atomic E-state index is 0.0846. The Hall–Kier alpha value is -3.14. The van der Waals surface area contributed by atoms with Gasteiger partial charge in [0.15, 0.2) is 11.5 Å². The third kappa shape index (κ3) is 3.88. The summed E-state index contributed by atoms with van der Waals surface area (Å²) in [5.41, 5.74) is -2.86. The number of amides is 1. The number of ether oxygens (including phenoxy) is 2. The first-order chi connectivity index (χ1) is 13.7. The van der Waals surface area contributed by atoms with Crippen molar-refractivity contribution in [2.75, 3.05) is 14.2 Å². The molecule has 1 amide bonds. The van der Waals surface area contributed by atoms with Crippen LogP contribution in [0.15, 0.2) is 47.8 Å². The van der Waals surface area contributed by atoms with Gasteiger partial charge in [-0.15, -0.1) is 0 Å². The van der Waals surface area contributed by atoms with Gasteiger partial charge in [-0.1, -0.05) is 12.1 Å². The van der Waals surface area contributed by atoms with Crippen molar-refractivity contribution < 1.29 is 32.5 Å². The predicted octanol–water partition coefficient (Wildman–Crippen LogP) is 2.53. The zero-order valence-corrected chi connectivity index (χ0v) is 15.6. The van der Waals surface area contributed by atoms with E-state index in [4.69, 9.17) is 9.47 Å². The molecule has 1 aromatic heterocycles. The fourth-order valence-electron chi connectivity index (χ4n) is 2.96. The summed E-state index contributed by atoms with van der Waals surface area (Å²) in [6, 6.07) is 7.56. The molecule has 29 heavy (non-hydrogen) atoms. The van der Waals surface area contributed by atoms with Gasteiger partial charge in [-0.2, -0.15) is 23.3 Å². The number of halogens is 3. The summed E-state index contributed by atoms with van der Waals surface area (Å²) in [5, 5.41) is 14.2. The lowest BCUT2D eigenvalue weighted by molar-refractivity contribution is -0.302. The maximum atomic E-state index is 13.6. The van der Waals surface area contributed by atoms with Crippen LogP contribution in [-0.2, 0) is 11.2 Å². The van der Waals surface area contributed by atoms with Crippen molar-refractivity contribution in [3.05, 3.63) is 53.9 Å². The second kappa shape index (κ2) is 7.70. The topological polar surface area (TPSA) is 84.2 Å². The molecule has 1 aromatic carbocycles. The Morgan fingerprint density at radius 3 is 2.55 bits per heavy atom. The molecule has 0 saturated carbocycles. The highest BCUT2D eigenvalue weighted by molar-refractivity contribution is 6.03. The first-order valence-electron chi connectivity index (χ1n) is 8.50. The van der Waals surface area contributed by atoms with E-state index >= 15 is 0 Å². The minimum Gasteiger partial charge on any atom is -0.493 e. The lowest BCUT2D eigenvalue weighted by Gasteiger charge is -2.32. The number of benzene rings is 1. The number of hydrogen-bond donors (Lipinski definition) is 1. The number of rotatable bonds is 5. The lowest BCUT2D eigenvalue weighted by atomic mass is 10.0. The van der Waals surface area contributed by atoms with Gasteiger partial charge >= 0.3 is 6.18 Å². The molecule has 7 nitrogen and oxygen atoms in total. The molecule has 10 heteroatoms. The van der Waals surface area contributed by atoms with Crippen molar-refractivity contribution in [2.45, 2.75) is 24.7 Å². The Balaban J connectivity index is 1.92. The summed E-state index contributed by atoms with van der Waals surface area (Å²) in [6.45, 7) is 0. The molecular formula is C19H18F3N3O4. The number of nitrogens with zero attached hydrogens (tertiary/aromatic N) is 3. The molecule has 1 aliphatic rings. The molecule has 154 valence electrons. The Kier molecular flexibility index (Phi) is 5.47. The summed E-state index contributed by atoms with van der Waals surface area (Å²) < 4.78 is 51.1. The SMILES string of the molecule is COc1ccc(CC(=O)N2N=C(c3cccnc3)C[C@]2(O)C(F)(F)F)cc1OC. The highest BCUT2D eigenvalue weighted by Gasteiger charge is 2.63. The Bertz CT molecular complexity index is 934. The van der Waals surface area contributed by atoms with Crippen molar-refractivity contribution in [3.63, 3.8) is 0 Å². The van der Waals surface area contributed by atoms with Gasteiger partial charge in [0.1, 0.15) is 0 Å². The second-order valence-corrected chi connectivity index (χ2v) is 6.35. The smallest absolute Gasteiger partial charge is 0.438 e. The summed E-state index contributed by atoms with van der Waals surface area (Å²) in [7, 11) is 2.84. The van der Waals surface area contributed by atoms with Crippen LogP contribution >= 0.6 is 0 Å². The summed E-state index contributed by atoms with van der Waals surface area (Å²) in [4.78, 5) is 16.5. The first kappa shape index (κ1) is 20.6. The standard InChI is InChI=1S/C19H18F3N3O4/c1-28-15-6-5-12(8-16(15)29-2)9-17(26)25-18(27,19(20,21)22)10-14(24-25)13-4-3-7-23-11-13/h3-8,11,27H,9-10H2,1-2H3/t18-/m0/s1. The molecule has 0 unspecified atom stereocenters. The van der Waals surface area contributed by atoms with E-state index in [2.05, 4.69) is 10.1 Å². The van der Waals surface area contributed by atoms with E-state index in [9.17, 15) is 23.1 Å². The summed E-state index contributed by atoms with van der Waals surface area (Å²) >= 11 is 0. The number of carbonyl (C=O) groups excluding carboxylic acids is 1. The second-order valence-electron chi connectivity index (χ2n) is 6.35. The number of carbonyl (C=O) groups is 1. The number of hydrogen-bond acceptors (Lipinski definition) is 6. The number of hydrazone groups is 1. The minimum atomic E-state index is -5.10. The predicted molar refractivity (Wildman–Crippen MR) is 96.5 cm³/mol. The van der Waals surface area contributed by atoms with Crippen LogP contribution in [0.4, 0.5) is 13.2 Å². The van der Waals surface area contributed by atoms with Crippen LogP contribution in [0.5, 0.6) is 11.5 Å². The molecule has 3 rings (SSSR count). The van der Waals surface area contributed by atoms with E-state index in [1.807, 2.05) is 0 Å². The van der Waals surface area contributed by atoms with Crippen LogP contribution in [0.3, 0.4) is 0 Å². The fourth-order valence-corrected chi connectivity index (χ4v) is 2.96. The zero-order valence-electron chi connectivity index (χ0n) is 15.6. The third-order valence-corrected chi connectivity index (χ3v) is 4.47. The summed E-state index contributed by atoms with van der Waals surface area (Å²) in [6.07, 6.45) is -3.65. The first-order valence-corrected chi connectivity index (χ1v) is 8.50.